The van der Waals surface area contributed by atoms with E-state index in [2.05, 4.69) is 13.0 Å². The molecule has 1 heterocycles. The van der Waals surface area contributed by atoms with Gasteiger partial charge in [0.15, 0.2) is 5.60 Å². The van der Waals surface area contributed by atoms with Crippen LogP contribution in [0.5, 0.6) is 23.0 Å². The zero-order valence-electron chi connectivity index (χ0n) is 22.6. The lowest BCUT2D eigenvalue weighted by atomic mass is 9.60. The van der Waals surface area contributed by atoms with Crippen molar-refractivity contribution in [3.63, 3.8) is 0 Å². The van der Waals surface area contributed by atoms with E-state index in [1.165, 1.54) is 0 Å². The summed E-state index contributed by atoms with van der Waals surface area (Å²) in [5, 5.41) is 3.65. The minimum absolute atomic E-state index is 0.317. The van der Waals surface area contributed by atoms with Crippen molar-refractivity contribution in [2.45, 2.75) is 12.5 Å². The molecule has 1 saturated heterocycles. The molecule has 6 heteroatoms. The van der Waals surface area contributed by atoms with Crippen LogP contribution in [0.3, 0.4) is 0 Å². The smallest absolute Gasteiger partial charge is 0.315 e. The summed E-state index contributed by atoms with van der Waals surface area (Å²) in [6.45, 7) is 2.06. The topological polar surface area (TPSA) is 63.2 Å². The van der Waals surface area contributed by atoms with Gasteiger partial charge in [-0.15, -0.1) is 0 Å². The van der Waals surface area contributed by atoms with Crippen molar-refractivity contribution in [2.24, 2.45) is 11.3 Å². The summed E-state index contributed by atoms with van der Waals surface area (Å²) in [6, 6.07) is 19.7. The van der Waals surface area contributed by atoms with Gasteiger partial charge in [0.25, 0.3) is 0 Å². The maximum Gasteiger partial charge on any atom is 0.315 e. The van der Waals surface area contributed by atoms with Crippen molar-refractivity contribution in [3.8, 4) is 23.0 Å². The van der Waals surface area contributed by atoms with E-state index in [0.717, 1.165) is 21.5 Å². The van der Waals surface area contributed by atoms with Crippen LogP contribution >= 0.6 is 0 Å². The Morgan fingerprint density at radius 3 is 1.69 bits per heavy atom. The Hall–Kier alpha value is -4.45. The van der Waals surface area contributed by atoms with Crippen LogP contribution in [0.1, 0.15) is 18.1 Å². The van der Waals surface area contributed by atoms with E-state index in [9.17, 15) is 4.79 Å². The average molecular weight is 523 g/mol. The standard InChI is InChI=1S/C33H30O6/c1-32-15-7-6-12-24(32)31(34)39-33(32,25-18-22-20(16-29(25)37-4)10-8-13-27(22)35-2)26-19-23-21(17-30(26)38-5)11-9-14-28(23)36-3/h6-19,24H,1-5H3. The highest BCUT2D eigenvalue weighted by atomic mass is 16.6. The average Bonchev–Trinajstić information content (AvgIpc) is 3.21. The number of carbonyl (C=O) groups excluding carboxylic acids is 1. The van der Waals surface area contributed by atoms with Gasteiger partial charge in [0, 0.05) is 21.9 Å². The van der Waals surface area contributed by atoms with Crippen molar-refractivity contribution >= 4 is 27.5 Å². The van der Waals surface area contributed by atoms with Crippen LogP contribution in [0, 0.1) is 11.3 Å². The first-order valence-electron chi connectivity index (χ1n) is 12.8. The lowest BCUT2D eigenvalue weighted by Crippen LogP contribution is -2.44. The van der Waals surface area contributed by atoms with Crippen molar-refractivity contribution < 1.29 is 28.5 Å². The van der Waals surface area contributed by atoms with Gasteiger partial charge in [-0.05, 0) is 47.2 Å². The number of cyclic esters (lactones) is 1. The van der Waals surface area contributed by atoms with Crippen molar-refractivity contribution in [1.29, 1.82) is 0 Å². The summed E-state index contributed by atoms with van der Waals surface area (Å²) in [7, 11) is 6.56. The third kappa shape index (κ3) is 3.37. The Bertz CT molecular complexity index is 1590. The van der Waals surface area contributed by atoms with E-state index in [-0.39, 0.29) is 5.97 Å². The third-order valence-electron chi connectivity index (χ3n) is 8.29. The highest BCUT2D eigenvalue weighted by molar-refractivity contribution is 5.94. The first-order valence-corrected chi connectivity index (χ1v) is 12.8. The highest BCUT2D eigenvalue weighted by Crippen LogP contribution is 2.63. The van der Waals surface area contributed by atoms with Gasteiger partial charge in [-0.3, -0.25) is 4.79 Å². The van der Waals surface area contributed by atoms with Gasteiger partial charge in [-0.25, -0.2) is 0 Å². The van der Waals surface area contributed by atoms with Crippen molar-refractivity contribution in [2.75, 3.05) is 28.4 Å². The lowest BCUT2D eigenvalue weighted by Gasteiger charge is -2.43. The number of rotatable bonds is 6. The molecule has 0 spiro atoms. The number of esters is 1. The summed E-state index contributed by atoms with van der Waals surface area (Å²) in [5.74, 6) is 1.78. The largest absolute Gasteiger partial charge is 0.496 e. The van der Waals surface area contributed by atoms with Gasteiger partial charge in [0.05, 0.1) is 39.8 Å². The van der Waals surface area contributed by atoms with Crippen LogP contribution in [0.2, 0.25) is 0 Å². The van der Waals surface area contributed by atoms with Crippen molar-refractivity contribution in [3.05, 3.63) is 96.1 Å². The Kier molecular flexibility index (Phi) is 5.79. The van der Waals surface area contributed by atoms with Crippen LogP contribution in [-0.4, -0.2) is 34.4 Å². The second kappa shape index (κ2) is 9.09. The molecule has 4 aromatic carbocycles. The maximum atomic E-state index is 13.7. The Morgan fingerprint density at radius 1 is 0.692 bits per heavy atom. The fraction of sp³-hybridized carbons (Fsp3) is 0.242. The number of carbonyl (C=O) groups is 1. The summed E-state index contributed by atoms with van der Waals surface area (Å²) >= 11 is 0. The molecule has 198 valence electrons. The second-order valence-electron chi connectivity index (χ2n) is 10.1. The molecule has 6 nitrogen and oxygen atoms in total. The van der Waals surface area contributed by atoms with Gasteiger partial charge in [0.2, 0.25) is 0 Å². The number of methoxy groups -OCH3 is 4. The van der Waals surface area contributed by atoms with E-state index in [4.69, 9.17) is 23.7 Å². The number of hydrogen-bond acceptors (Lipinski definition) is 6. The molecule has 39 heavy (non-hydrogen) atoms. The molecule has 6 rings (SSSR count). The normalized spacial score (nSPS) is 21.1. The minimum Gasteiger partial charge on any atom is -0.496 e. The fourth-order valence-electron chi connectivity index (χ4n) is 6.35. The fourth-order valence-corrected chi connectivity index (χ4v) is 6.35. The molecular weight excluding hydrogens is 492 g/mol. The van der Waals surface area contributed by atoms with Gasteiger partial charge in [-0.2, -0.15) is 0 Å². The Balaban J connectivity index is 1.79. The predicted octanol–water partition coefficient (Wildman–Crippen LogP) is 6.58. The molecule has 2 aliphatic rings. The molecule has 0 N–H and O–H groups in total. The van der Waals surface area contributed by atoms with E-state index >= 15 is 0 Å². The number of ether oxygens (including phenoxy) is 5. The molecular formula is C33H30O6. The van der Waals surface area contributed by atoms with E-state index in [0.29, 0.717) is 34.1 Å². The quantitative estimate of drug-likeness (QED) is 0.267. The number of allylic oxidation sites excluding steroid dienone is 2. The molecule has 0 amide bonds. The third-order valence-corrected chi connectivity index (χ3v) is 8.29. The van der Waals surface area contributed by atoms with E-state index in [1.54, 1.807) is 28.4 Å². The van der Waals surface area contributed by atoms with Crippen LogP contribution in [0.4, 0.5) is 0 Å². The molecule has 0 bridgehead atoms. The van der Waals surface area contributed by atoms with Crippen LogP contribution in [0.25, 0.3) is 21.5 Å². The molecule has 1 aliphatic carbocycles. The molecule has 2 unspecified atom stereocenters. The number of hydrogen-bond donors (Lipinski definition) is 0. The van der Waals surface area contributed by atoms with Crippen LogP contribution in [0.15, 0.2) is 85.0 Å². The minimum atomic E-state index is -1.31. The lowest BCUT2D eigenvalue weighted by molar-refractivity contribution is -0.149. The zero-order chi connectivity index (χ0) is 27.4. The molecule has 2 atom stereocenters. The summed E-state index contributed by atoms with van der Waals surface area (Å²) in [5.41, 5.74) is -0.720. The monoisotopic (exact) mass is 522 g/mol. The molecule has 0 radical (unpaired) electrons. The second-order valence-corrected chi connectivity index (χ2v) is 10.1. The molecule has 1 aliphatic heterocycles. The van der Waals surface area contributed by atoms with Gasteiger partial charge in [0.1, 0.15) is 23.0 Å². The Morgan fingerprint density at radius 2 is 1.21 bits per heavy atom. The summed E-state index contributed by atoms with van der Waals surface area (Å²) in [6.07, 6.45) is 7.83. The summed E-state index contributed by atoms with van der Waals surface area (Å²) in [4.78, 5) is 13.7. The molecule has 1 fully saturated rings. The predicted molar refractivity (Wildman–Crippen MR) is 151 cm³/mol. The molecule has 0 aromatic heterocycles. The van der Waals surface area contributed by atoms with Crippen LogP contribution < -0.4 is 18.9 Å². The van der Waals surface area contributed by atoms with E-state index < -0.39 is 16.9 Å². The number of benzene rings is 4. The zero-order valence-corrected chi connectivity index (χ0v) is 22.6. The van der Waals surface area contributed by atoms with E-state index in [1.807, 2.05) is 78.9 Å². The number of fused-ring (bicyclic) bond motifs is 3. The first kappa shape index (κ1) is 24.9. The van der Waals surface area contributed by atoms with Crippen LogP contribution in [-0.2, 0) is 15.1 Å². The molecule has 0 saturated carbocycles. The Labute approximate surface area is 227 Å². The SMILES string of the molecule is COc1cc2cccc(OC)c2cc1C1(c2cc3c(OC)cccc3cc2OC)OC(=O)C2C=CC=CC21C. The molecule has 4 aromatic rings. The summed E-state index contributed by atoms with van der Waals surface area (Å²) < 4.78 is 30.1. The maximum absolute atomic E-state index is 13.7. The first-order chi connectivity index (χ1) is 18.9. The highest BCUT2D eigenvalue weighted by Gasteiger charge is 2.66. The van der Waals surface area contributed by atoms with Gasteiger partial charge >= 0.3 is 5.97 Å². The van der Waals surface area contributed by atoms with Crippen molar-refractivity contribution in [1.82, 2.24) is 0 Å². The van der Waals surface area contributed by atoms with Gasteiger partial charge in [-0.1, -0.05) is 55.5 Å². The van der Waals surface area contributed by atoms with Gasteiger partial charge < -0.3 is 23.7 Å².